The van der Waals surface area contributed by atoms with Crippen molar-refractivity contribution in [2.75, 3.05) is 5.32 Å². The molecule has 0 unspecified atom stereocenters. The van der Waals surface area contributed by atoms with Crippen LogP contribution >= 0.6 is 11.8 Å². The standard InChI is InChI=1S/C23H25N3O3S/c1-4-5-13-26-22(29)19-11-6-7-12-20(19)25-23(26)30-16(3)21(28)24-18-10-8-9-17(14-18)15(2)27/h6-12,14,16H,4-5,13H2,1-3H3,(H,24,28)/t16-/m1/s1. The average Bonchev–Trinajstić information content (AvgIpc) is 2.73. The highest BCUT2D eigenvalue weighted by Gasteiger charge is 2.19. The maximum Gasteiger partial charge on any atom is 0.262 e. The molecule has 0 saturated carbocycles. The van der Waals surface area contributed by atoms with E-state index in [2.05, 4.69) is 17.2 Å². The van der Waals surface area contributed by atoms with Gasteiger partial charge in [0.1, 0.15) is 0 Å². The zero-order valence-electron chi connectivity index (χ0n) is 17.3. The third-order valence-corrected chi connectivity index (χ3v) is 5.84. The van der Waals surface area contributed by atoms with Gasteiger partial charge in [0.25, 0.3) is 5.56 Å². The number of thioether (sulfide) groups is 1. The topological polar surface area (TPSA) is 81.1 Å². The van der Waals surface area contributed by atoms with Gasteiger partial charge in [-0.1, -0.05) is 49.4 Å². The predicted molar refractivity (Wildman–Crippen MR) is 121 cm³/mol. The van der Waals surface area contributed by atoms with Gasteiger partial charge in [0.05, 0.1) is 16.2 Å². The lowest BCUT2D eigenvalue weighted by Crippen LogP contribution is -2.27. The first kappa shape index (κ1) is 21.8. The van der Waals surface area contributed by atoms with Crippen molar-refractivity contribution >= 4 is 40.0 Å². The van der Waals surface area contributed by atoms with Gasteiger partial charge in [-0.25, -0.2) is 4.98 Å². The summed E-state index contributed by atoms with van der Waals surface area (Å²) in [5.41, 5.74) is 1.64. The zero-order valence-corrected chi connectivity index (χ0v) is 18.2. The molecule has 3 aromatic rings. The number of ketones is 1. The first-order valence-electron chi connectivity index (χ1n) is 9.98. The molecule has 2 aromatic carbocycles. The summed E-state index contributed by atoms with van der Waals surface area (Å²) in [5, 5.41) is 3.48. The fourth-order valence-corrected chi connectivity index (χ4v) is 3.96. The van der Waals surface area contributed by atoms with Crippen molar-refractivity contribution in [3.63, 3.8) is 0 Å². The number of aromatic nitrogens is 2. The lowest BCUT2D eigenvalue weighted by atomic mass is 10.1. The highest BCUT2D eigenvalue weighted by Crippen LogP contribution is 2.24. The van der Waals surface area contributed by atoms with E-state index in [1.165, 1.54) is 18.7 Å². The zero-order chi connectivity index (χ0) is 21.7. The Kier molecular flexibility index (Phi) is 7.05. The van der Waals surface area contributed by atoms with Gasteiger partial charge in [0, 0.05) is 17.8 Å². The number of rotatable bonds is 8. The lowest BCUT2D eigenvalue weighted by Gasteiger charge is -2.16. The number of benzene rings is 2. The maximum absolute atomic E-state index is 13.0. The summed E-state index contributed by atoms with van der Waals surface area (Å²) in [5.74, 6) is -0.279. The molecule has 0 aliphatic heterocycles. The van der Waals surface area contributed by atoms with Crippen molar-refractivity contribution in [1.29, 1.82) is 0 Å². The molecule has 0 bridgehead atoms. The summed E-state index contributed by atoms with van der Waals surface area (Å²) >= 11 is 1.26. The minimum absolute atomic E-state index is 0.0613. The van der Waals surface area contributed by atoms with Gasteiger partial charge in [-0.3, -0.25) is 19.0 Å². The van der Waals surface area contributed by atoms with Crippen LogP contribution < -0.4 is 10.9 Å². The monoisotopic (exact) mass is 423 g/mol. The minimum Gasteiger partial charge on any atom is -0.325 e. The Labute approximate surface area is 179 Å². The summed E-state index contributed by atoms with van der Waals surface area (Å²) in [6.45, 7) is 5.89. The van der Waals surface area contributed by atoms with E-state index in [0.717, 1.165) is 12.8 Å². The number of amides is 1. The van der Waals surface area contributed by atoms with E-state index < -0.39 is 5.25 Å². The molecule has 0 fully saturated rings. The average molecular weight is 424 g/mol. The van der Waals surface area contributed by atoms with Crippen LogP contribution in [0.4, 0.5) is 5.69 Å². The molecule has 156 valence electrons. The normalized spacial score (nSPS) is 12.0. The molecule has 1 aromatic heterocycles. The molecule has 0 saturated heterocycles. The van der Waals surface area contributed by atoms with Crippen LogP contribution in [0.15, 0.2) is 58.5 Å². The third kappa shape index (κ3) is 4.97. The van der Waals surface area contributed by atoms with Gasteiger partial charge in [-0.15, -0.1) is 0 Å². The molecule has 3 rings (SSSR count). The summed E-state index contributed by atoms with van der Waals surface area (Å²) < 4.78 is 1.66. The Morgan fingerprint density at radius 1 is 1.17 bits per heavy atom. The SMILES string of the molecule is CCCCn1c(S[C@H](C)C(=O)Nc2cccc(C(C)=O)c2)nc2ccccc2c1=O. The van der Waals surface area contributed by atoms with Crippen LogP contribution in [-0.4, -0.2) is 26.5 Å². The molecule has 7 heteroatoms. The van der Waals surface area contributed by atoms with Gasteiger partial charge in [-0.05, 0) is 44.5 Å². The Hall–Kier alpha value is -2.93. The number of fused-ring (bicyclic) bond motifs is 1. The minimum atomic E-state index is -0.480. The molecule has 0 aliphatic rings. The molecule has 0 aliphatic carbocycles. The van der Waals surface area contributed by atoms with Crippen LogP contribution in [0, 0.1) is 0 Å². The van der Waals surface area contributed by atoms with E-state index in [4.69, 9.17) is 0 Å². The van der Waals surface area contributed by atoms with Crippen LogP contribution in [0.5, 0.6) is 0 Å². The summed E-state index contributed by atoms with van der Waals surface area (Å²) in [6.07, 6.45) is 1.80. The summed E-state index contributed by atoms with van der Waals surface area (Å²) in [6, 6.07) is 14.1. The van der Waals surface area contributed by atoms with Crippen molar-refractivity contribution in [3.8, 4) is 0 Å². The van der Waals surface area contributed by atoms with Gasteiger partial charge < -0.3 is 5.32 Å². The van der Waals surface area contributed by atoms with E-state index >= 15 is 0 Å². The van der Waals surface area contributed by atoms with Crippen LogP contribution in [0.1, 0.15) is 44.0 Å². The summed E-state index contributed by atoms with van der Waals surface area (Å²) in [7, 11) is 0. The number of hydrogen-bond donors (Lipinski definition) is 1. The second kappa shape index (κ2) is 9.71. The van der Waals surface area contributed by atoms with Crippen LogP contribution in [-0.2, 0) is 11.3 Å². The number of unbranched alkanes of at least 4 members (excludes halogenated alkanes) is 1. The number of para-hydroxylation sites is 1. The molecule has 1 amide bonds. The Bertz CT molecular complexity index is 1140. The van der Waals surface area contributed by atoms with Crippen LogP contribution in [0.25, 0.3) is 10.9 Å². The molecule has 30 heavy (non-hydrogen) atoms. The van der Waals surface area contributed by atoms with E-state index in [1.54, 1.807) is 41.8 Å². The number of nitrogens with one attached hydrogen (secondary N) is 1. The number of carbonyl (C=O) groups is 2. The fourth-order valence-electron chi connectivity index (χ4n) is 3.02. The van der Waals surface area contributed by atoms with Crippen molar-refractivity contribution < 1.29 is 9.59 Å². The quantitative estimate of drug-likeness (QED) is 0.327. The molecule has 0 spiro atoms. The highest BCUT2D eigenvalue weighted by molar-refractivity contribution is 8.00. The molecule has 1 atom stereocenters. The van der Waals surface area contributed by atoms with Crippen molar-refractivity contribution in [2.24, 2.45) is 0 Å². The van der Waals surface area contributed by atoms with Crippen LogP contribution in [0.3, 0.4) is 0 Å². The number of Topliss-reactive ketones (excluding diaryl/α,β-unsaturated/α-hetero) is 1. The van der Waals surface area contributed by atoms with E-state index in [-0.39, 0.29) is 17.2 Å². The van der Waals surface area contributed by atoms with Crippen molar-refractivity contribution in [1.82, 2.24) is 9.55 Å². The number of nitrogens with zero attached hydrogens (tertiary/aromatic N) is 2. The van der Waals surface area contributed by atoms with Gasteiger partial charge >= 0.3 is 0 Å². The smallest absolute Gasteiger partial charge is 0.262 e. The molecular weight excluding hydrogens is 398 g/mol. The number of anilines is 1. The second-order valence-electron chi connectivity index (χ2n) is 7.11. The molecule has 6 nitrogen and oxygen atoms in total. The highest BCUT2D eigenvalue weighted by atomic mass is 32.2. The van der Waals surface area contributed by atoms with Gasteiger partial charge in [0.2, 0.25) is 5.91 Å². The number of hydrogen-bond acceptors (Lipinski definition) is 5. The summed E-state index contributed by atoms with van der Waals surface area (Å²) in [4.78, 5) is 41.9. The molecular formula is C23H25N3O3S. The van der Waals surface area contributed by atoms with Gasteiger partial charge in [0.15, 0.2) is 10.9 Å². The van der Waals surface area contributed by atoms with Gasteiger partial charge in [-0.2, -0.15) is 0 Å². The molecule has 1 N–H and O–H groups in total. The first-order chi connectivity index (χ1) is 14.4. The van der Waals surface area contributed by atoms with Crippen molar-refractivity contribution in [2.45, 2.75) is 50.6 Å². The third-order valence-electron chi connectivity index (χ3n) is 4.75. The Morgan fingerprint density at radius 3 is 2.67 bits per heavy atom. The second-order valence-corrected chi connectivity index (χ2v) is 8.42. The lowest BCUT2D eigenvalue weighted by molar-refractivity contribution is -0.115. The molecule has 1 heterocycles. The first-order valence-corrected chi connectivity index (χ1v) is 10.9. The molecule has 0 radical (unpaired) electrons. The predicted octanol–water partition coefficient (Wildman–Crippen LogP) is 4.52. The Morgan fingerprint density at radius 2 is 1.93 bits per heavy atom. The Balaban J connectivity index is 1.85. The number of carbonyl (C=O) groups excluding carboxylic acids is 2. The fraction of sp³-hybridized carbons (Fsp3) is 0.304. The van der Waals surface area contributed by atoms with Crippen molar-refractivity contribution in [3.05, 3.63) is 64.4 Å². The van der Waals surface area contributed by atoms with E-state index in [9.17, 15) is 14.4 Å². The van der Waals surface area contributed by atoms with Crippen LogP contribution in [0.2, 0.25) is 0 Å². The van der Waals surface area contributed by atoms with E-state index in [0.29, 0.717) is 33.9 Å². The largest absolute Gasteiger partial charge is 0.325 e. The van der Waals surface area contributed by atoms with E-state index in [1.807, 2.05) is 18.2 Å². The maximum atomic E-state index is 13.0.